The van der Waals surface area contributed by atoms with E-state index in [0.29, 0.717) is 27.5 Å². The Labute approximate surface area is 153 Å². The van der Waals surface area contributed by atoms with Crippen LogP contribution in [0.25, 0.3) is 10.6 Å². The minimum Gasteiger partial charge on any atom is -0.355 e. The second-order valence-electron chi connectivity index (χ2n) is 5.54. The zero-order chi connectivity index (χ0) is 18.5. The third-order valence-corrected chi connectivity index (χ3v) is 4.54. The highest BCUT2D eigenvalue weighted by molar-refractivity contribution is 7.13. The summed E-state index contributed by atoms with van der Waals surface area (Å²) in [6.07, 6.45) is 0.0933. The fourth-order valence-electron chi connectivity index (χ4n) is 2.39. The summed E-state index contributed by atoms with van der Waals surface area (Å²) in [5.74, 6) is -0.788. The highest BCUT2D eigenvalue weighted by atomic mass is 32.1. The maximum atomic E-state index is 13.3. The van der Waals surface area contributed by atoms with E-state index in [-0.39, 0.29) is 24.1 Å². The van der Waals surface area contributed by atoms with Crippen LogP contribution in [-0.2, 0) is 11.2 Å². The summed E-state index contributed by atoms with van der Waals surface area (Å²) in [5.41, 5.74) is 2.29. The number of hydrogen-bond acceptors (Lipinski definition) is 4. The summed E-state index contributed by atoms with van der Waals surface area (Å²) in [4.78, 5) is 28.3. The molecule has 5 nitrogen and oxygen atoms in total. The molecule has 26 heavy (non-hydrogen) atoms. The molecule has 132 valence electrons. The Bertz CT molecular complexity index is 955. The predicted octanol–water partition coefficient (Wildman–Crippen LogP) is 3.49. The second kappa shape index (κ2) is 7.88. The van der Waals surface area contributed by atoms with Gasteiger partial charge in [0, 0.05) is 29.2 Å². The van der Waals surface area contributed by atoms with E-state index in [1.807, 2.05) is 0 Å². The standard InChI is InChI=1S/C19H16FN3O2S/c1-21-18(25)12-4-3-7-15(9-12)22-17(24)10-16-11-26-19(23-16)13-5-2-6-14(20)8-13/h2-9,11H,10H2,1H3,(H,21,25)(H,22,24). The zero-order valence-corrected chi connectivity index (χ0v) is 14.8. The van der Waals surface area contributed by atoms with E-state index in [1.165, 1.54) is 23.5 Å². The van der Waals surface area contributed by atoms with E-state index >= 15 is 0 Å². The van der Waals surface area contributed by atoms with Crippen LogP contribution in [-0.4, -0.2) is 23.8 Å². The zero-order valence-electron chi connectivity index (χ0n) is 14.0. The van der Waals surface area contributed by atoms with Gasteiger partial charge in [-0.05, 0) is 30.3 Å². The minimum atomic E-state index is -0.326. The van der Waals surface area contributed by atoms with Gasteiger partial charge < -0.3 is 10.6 Å². The lowest BCUT2D eigenvalue weighted by molar-refractivity contribution is -0.115. The fourth-order valence-corrected chi connectivity index (χ4v) is 3.21. The highest BCUT2D eigenvalue weighted by Gasteiger charge is 2.11. The van der Waals surface area contributed by atoms with Crippen LogP contribution in [0.3, 0.4) is 0 Å². The van der Waals surface area contributed by atoms with Crippen LogP contribution in [0.1, 0.15) is 16.1 Å². The first-order valence-corrected chi connectivity index (χ1v) is 8.75. The van der Waals surface area contributed by atoms with Crippen molar-refractivity contribution in [2.24, 2.45) is 0 Å². The number of anilines is 1. The summed E-state index contributed by atoms with van der Waals surface area (Å²) in [6.45, 7) is 0. The quantitative estimate of drug-likeness (QED) is 0.723. The van der Waals surface area contributed by atoms with Crippen molar-refractivity contribution in [3.05, 3.63) is 71.0 Å². The largest absolute Gasteiger partial charge is 0.355 e. The minimum absolute atomic E-state index is 0.0933. The number of hydrogen-bond donors (Lipinski definition) is 2. The molecule has 2 aromatic carbocycles. The van der Waals surface area contributed by atoms with E-state index in [9.17, 15) is 14.0 Å². The summed E-state index contributed by atoms with van der Waals surface area (Å²) in [7, 11) is 1.55. The normalized spacial score (nSPS) is 10.4. The molecule has 0 aliphatic heterocycles. The van der Waals surface area contributed by atoms with Crippen LogP contribution in [0.4, 0.5) is 10.1 Å². The smallest absolute Gasteiger partial charge is 0.251 e. The van der Waals surface area contributed by atoms with Crippen LogP contribution in [0.5, 0.6) is 0 Å². The molecule has 1 aromatic heterocycles. The Hall–Kier alpha value is -3.06. The molecule has 3 aromatic rings. The molecule has 0 saturated heterocycles. The maximum absolute atomic E-state index is 13.3. The van der Waals surface area contributed by atoms with Gasteiger partial charge in [0.15, 0.2) is 0 Å². The first kappa shape index (κ1) is 17.8. The van der Waals surface area contributed by atoms with Gasteiger partial charge in [0.25, 0.3) is 5.91 Å². The monoisotopic (exact) mass is 369 g/mol. The van der Waals surface area contributed by atoms with Crippen molar-refractivity contribution < 1.29 is 14.0 Å². The van der Waals surface area contributed by atoms with Gasteiger partial charge >= 0.3 is 0 Å². The summed E-state index contributed by atoms with van der Waals surface area (Å²) >= 11 is 1.36. The maximum Gasteiger partial charge on any atom is 0.251 e. The van der Waals surface area contributed by atoms with Crippen molar-refractivity contribution in [3.8, 4) is 10.6 Å². The molecule has 0 atom stereocenters. The molecule has 2 N–H and O–H groups in total. The lowest BCUT2D eigenvalue weighted by Crippen LogP contribution is -2.19. The first-order chi connectivity index (χ1) is 12.5. The molecule has 1 heterocycles. The molecule has 3 rings (SSSR count). The fraction of sp³-hybridized carbons (Fsp3) is 0.105. The number of benzene rings is 2. The van der Waals surface area contributed by atoms with Crippen LogP contribution in [0, 0.1) is 5.82 Å². The Balaban J connectivity index is 1.67. The average molecular weight is 369 g/mol. The molecule has 2 amide bonds. The Morgan fingerprint density at radius 3 is 2.73 bits per heavy atom. The van der Waals surface area contributed by atoms with E-state index in [0.717, 1.165) is 0 Å². The molecule has 0 saturated carbocycles. The van der Waals surface area contributed by atoms with Gasteiger partial charge in [-0.1, -0.05) is 18.2 Å². The van der Waals surface area contributed by atoms with Gasteiger partial charge in [0.05, 0.1) is 12.1 Å². The average Bonchev–Trinajstić information content (AvgIpc) is 3.09. The van der Waals surface area contributed by atoms with Gasteiger partial charge in [-0.25, -0.2) is 9.37 Å². The lowest BCUT2D eigenvalue weighted by Gasteiger charge is -2.06. The van der Waals surface area contributed by atoms with Crippen molar-refractivity contribution in [2.75, 3.05) is 12.4 Å². The van der Waals surface area contributed by atoms with Crippen molar-refractivity contribution in [3.63, 3.8) is 0 Å². The Morgan fingerprint density at radius 1 is 1.15 bits per heavy atom. The molecule has 0 aliphatic rings. The summed E-state index contributed by atoms with van der Waals surface area (Å²) in [6, 6.07) is 12.9. The number of amides is 2. The molecule has 0 unspecified atom stereocenters. The number of thiazole rings is 1. The van der Waals surface area contributed by atoms with E-state index < -0.39 is 0 Å². The van der Waals surface area contributed by atoms with Crippen LogP contribution < -0.4 is 10.6 Å². The number of nitrogens with one attached hydrogen (secondary N) is 2. The van der Waals surface area contributed by atoms with Gasteiger partial charge in [-0.15, -0.1) is 11.3 Å². The van der Waals surface area contributed by atoms with Gasteiger partial charge in [-0.3, -0.25) is 9.59 Å². The van der Waals surface area contributed by atoms with Crippen molar-refractivity contribution in [2.45, 2.75) is 6.42 Å². The third kappa shape index (κ3) is 4.31. The molecule has 0 bridgehead atoms. The Kier molecular flexibility index (Phi) is 5.38. The molecule has 0 radical (unpaired) electrons. The van der Waals surface area contributed by atoms with Crippen molar-refractivity contribution >= 4 is 28.8 Å². The molecule has 0 fully saturated rings. The molecule has 7 heteroatoms. The number of nitrogens with zero attached hydrogens (tertiary/aromatic N) is 1. The highest BCUT2D eigenvalue weighted by Crippen LogP contribution is 2.24. The molecular formula is C19H16FN3O2S. The number of rotatable bonds is 5. The third-order valence-electron chi connectivity index (χ3n) is 3.60. The predicted molar refractivity (Wildman–Crippen MR) is 99.7 cm³/mol. The number of aromatic nitrogens is 1. The van der Waals surface area contributed by atoms with Gasteiger partial charge in [-0.2, -0.15) is 0 Å². The number of carbonyl (C=O) groups excluding carboxylic acids is 2. The number of halogens is 1. The van der Waals surface area contributed by atoms with E-state index in [1.54, 1.807) is 48.8 Å². The lowest BCUT2D eigenvalue weighted by atomic mass is 10.2. The Morgan fingerprint density at radius 2 is 1.96 bits per heavy atom. The molecule has 0 aliphatic carbocycles. The van der Waals surface area contributed by atoms with Crippen molar-refractivity contribution in [1.29, 1.82) is 0 Å². The molecule has 0 spiro atoms. The second-order valence-corrected chi connectivity index (χ2v) is 6.40. The van der Waals surface area contributed by atoms with Gasteiger partial charge in [0.2, 0.25) is 5.91 Å². The first-order valence-electron chi connectivity index (χ1n) is 7.87. The van der Waals surface area contributed by atoms with Gasteiger partial charge in [0.1, 0.15) is 10.8 Å². The topological polar surface area (TPSA) is 71.1 Å². The molecular weight excluding hydrogens is 353 g/mol. The van der Waals surface area contributed by atoms with Crippen LogP contribution >= 0.6 is 11.3 Å². The van der Waals surface area contributed by atoms with Crippen LogP contribution in [0.15, 0.2) is 53.9 Å². The van der Waals surface area contributed by atoms with Crippen molar-refractivity contribution in [1.82, 2.24) is 10.3 Å². The summed E-state index contributed by atoms with van der Waals surface area (Å²) < 4.78 is 13.3. The van der Waals surface area contributed by atoms with E-state index in [4.69, 9.17) is 0 Å². The van der Waals surface area contributed by atoms with Crippen LogP contribution in [0.2, 0.25) is 0 Å². The number of carbonyl (C=O) groups is 2. The summed E-state index contributed by atoms with van der Waals surface area (Å²) in [5, 5.41) is 7.73. The van der Waals surface area contributed by atoms with E-state index in [2.05, 4.69) is 15.6 Å². The SMILES string of the molecule is CNC(=O)c1cccc(NC(=O)Cc2csc(-c3cccc(F)c3)n2)c1.